The second-order valence-corrected chi connectivity index (χ2v) is 6.53. The standard InChI is InChI=1S/C17H22N4O3S/c1-25-6-5-15(17(23)24)21-16(22)13-4-2-3-11(14(13)8-18)7-12-9-19-10-20-12/h2-4,9-10,15H,5-8,18H2,1H3,(H,19,20)(H,21,22)(H,23,24)/t15-/m0/s1. The van der Waals surface area contributed by atoms with Crippen LogP contribution in [0.4, 0.5) is 0 Å². The fourth-order valence-corrected chi connectivity index (χ4v) is 3.04. The number of rotatable bonds is 9. The predicted molar refractivity (Wildman–Crippen MR) is 97.6 cm³/mol. The predicted octanol–water partition coefficient (Wildman–Crippen LogP) is 1.40. The van der Waals surface area contributed by atoms with Gasteiger partial charge in [-0.15, -0.1) is 0 Å². The molecule has 1 amide bonds. The third kappa shape index (κ3) is 5.07. The lowest BCUT2D eigenvalue weighted by atomic mass is 9.97. The van der Waals surface area contributed by atoms with Crippen molar-refractivity contribution in [2.45, 2.75) is 25.4 Å². The van der Waals surface area contributed by atoms with Crippen LogP contribution in [0.25, 0.3) is 0 Å². The highest BCUT2D eigenvalue weighted by Crippen LogP contribution is 2.18. The molecule has 134 valence electrons. The van der Waals surface area contributed by atoms with Gasteiger partial charge in [-0.3, -0.25) is 4.79 Å². The van der Waals surface area contributed by atoms with E-state index in [4.69, 9.17) is 5.73 Å². The van der Waals surface area contributed by atoms with E-state index in [1.54, 1.807) is 24.7 Å². The number of H-pyrrole nitrogens is 1. The summed E-state index contributed by atoms with van der Waals surface area (Å²) in [6.07, 6.45) is 6.15. The number of thioether (sulfide) groups is 1. The molecule has 2 rings (SSSR count). The van der Waals surface area contributed by atoms with Gasteiger partial charge >= 0.3 is 5.97 Å². The second-order valence-electron chi connectivity index (χ2n) is 5.55. The summed E-state index contributed by atoms with van der Waals surface area (Å²) in [6, 6.07) is 4.43. The van der Waals surface area contributed by atoms with Gasteiger partial charge in [0.05, 0.1) is 6.33 Å². The summed E-state index contributed by atoms with van der Waals surface area (Å²) in [6.45, 7) is 0.190. The fraction of sp³-hybridized carbons (Fsp3) is 0.353. The Hall–Kier alpha value is -2.32. The molecule has 0 saturated carbocycles. The van der Waals surface area contributed by atoms with Gasteiger partial charge in [-0.05, 0) is 35.6 Å². The molecule has 0 unspecified atom stereocenters. The summed E-state index contributed by atoms with van der Waals surface area (Å²) in [4.78, 5) is 31.0. The van der Waals surface area contributed by atoms with E-state index in [2.05, 4.69) is 15.3 Å². The molecule has 2 aromatic rings. The maximum Gasteiger partial charge on any atom is 0.326 e. The molecule has 1 aromatic carbocycles. The smallest absolute Gasteiger partial charge is 0.326 e. The van der Waals surface area contributed by atoms with E-state index in [1.807, 2.05) is 12.3 Å². The number of carboxylic acids is 1. The number of aromatic nitrogens is 2. The number of imidazole rings is 1. The zero-order chi connectivity index (χ0) is 18.2. The Bertz CT molecular complexity index is 719. The first kappa shape index (κ1) is 19.0. The van der Waals surface area contributed by atoms with Crippen molar-refractivity contribution < 1.29 is 14.7 Å². The van der Waals surface area contributed by atoms with Crippen molar-refractivity contribution in [1.82, 2.24) is 15.3 Å². The van der Waals surface area contributed by atoms with E-state index in [0.29, 0.717) is 29.7 Å². The topological polar surface area (TPSA) is 121 Å². The van der Waals surface area contributed by atoms with E-state index in [9.17, 15) is 14.7 Å². The van der Waals surface area contributed by atoms with Crippen molar-refractivity contribution in [1.29, 1.82) is 0 Å². The summed E-state index contributed by atoms with van der Waals surface area (Å²) >= 11 is 1.54. The number of carboxylic acid groups (broad SMARTS) is 1. The molecule has 5 N–H and O–H groups in total. The molecule has 0 aliphatic rings. The van der Waals surface area contributed by atoms with Gasteiger partial charge < -0.3 is 21.1 Å². The Morgan fingerprint density at radius 3 is 2.84 bits per heavy atom. The molecule has 0 spiro atoms. The molecule has 25 heavy (non-hydrogen) atoms. The molecule has 0 fully saturated rings. The lowest BCUT2D eigenvalue weighted by Gasteiger charge is -2.17. The Morgan fingerprint density at radius 1 is 1.44 bits per heavy atom. The number of amides is 1. The molecule has 0 aliphatic carbocycles. The van der Waals surface area contributed by atoms with Crippen LogP contribution in [0, 0.1) is 0 Å². The van der Waals surface area contributed by atoms with E-state index in [-0.39, 0.29) is 6.54 Å². The molecule has 1 atom stereocenters. The molecule has 0 radical (unpaired) electrons. The van der Waals surface area contributed by atoms with Crippen molar-refractivity contribution in [2.24, 2.45) is 5.73 Å². The van der Waals surface area contributed by atoms with Crippen LogP contribution in [0.15, 0.2) is 30.7 Å². The number of hydrogen-bond acceptors (Lipinski definition) is 5. The van der Waals surface area contributed by atoms with Crippen LogP contribution in [0.3, 0.4) is 0 Å². The van der Waals surface area contributed by atoms with E-state index in [0.717, 1.165) is 11.3 Å². The average Bonchev–Trinajstić information content (AvgIpc) is 3.11. The van der Waals surface area contributed by atoms with Crippen molar-refractivity contribution in [2.75, 3.05) is 12.0 Å². The van der Waals surface area contributed by atoms with Crippen LogP contribution in [0.1, 0.15) is 33.6 Å². The summed E-state index contributed by atoms with van der Waals surface area (Å²) < 4.78 is 0. The van der Waals surface area contributed by atoms with Crippen LogP contribution in [0.5, 0.6) is 0 Å². The molecule has 0 bridgehead atoms. The first-order valence-corrected chi connectivity index (χ1v) is 9.26. The first-order valence-electron chi connectivity index (χ1n) is 7.87. The number of carbonyl (C=O) groups is 2. The Labute approximate surface area is 150 Å². The number of nitrogens with zero attached hydrogens (tertiary/aromatic N) is 1. The summed E-state index contributed by atoms with van der Waals surface area (Å²) in [5, 5.41) is 11.9. The Morgan fingerprint density at radius 2 is 2.24 bits per heavy atom. The maximum atomic E-state index is 12.6. The maximum absolute atomic E-state index is 12.6. The molecule has 0 aliphatic heterocycles. The lowest BCUT2D eigenvalue weighted by molar-refractivity contribution is -0.139. The number of benzene rings is 1. The van der Waals surface area contributed by atoms with Gasteiger partial charge in [-0.25, -0.2) is 9.78 Å². The molecular formula is C17H22N4O3S. The van der Waals surface area contributed by atoms with Gasteiger partial charge in [-0.1, -0.05) is 12.1 Å². The number of aromatic amines is 1. The highest BCUT2D eigenvalue weighted by Gasteiger charge is 2.22. The monoisotopic (exact) mass is 362 g/mol. The number of nitrogens with two attached hydrogens (primary N) is 1. The van der Waals surface area contributed by atoms with Gasteiger partial charge in [0.15, 0.2) is 0 Å². The van der Waals surface area contributed by atoms with Gasteiger partial charge in [0.25, 0.3) is 5.91 Å². The van der Waals surface area contributed by atoms with Crippen LogP contribution in [-0.4, -0.2) is 45.0 Å². The molecule has 8 heteroatoms. The van der Waals surface area contributed by atoms with Crippen LogP contribution in [-0.2, 0) is 17.8 Å². The Kier molecular flexibility index (Phi) is 7.03. The fourth-order valence-electron chi connectivity index (χ4n) is 2.57. The summed E-state index contributed by atoms with van der Waals surface area (Å²) in [7, 11) is 0. The Balaban J connectivity index is 2.22. The van der Waals surface area contributed by atoms with Gasteiger partial charge in [0, 0.05) is 30.4 Å². The number of aliphatic carboxylic acids is 1. The van der Waals surface area contributed by atoms with E-state index >= 15 is 0 Å². The highest BCUT2D eigenvalue weighted by atomic mass is 32.2. The average molecular weight is 362 g/mol. The molecule has 7 nitrogen and oxygen atoms in total. The third-order valence-electron chi connectivity index (χ3n) is 3.87. The normalized spacial score (nSPS) is 11.9. The zero-order valence-corrected chi connectivity index (χ0v) is 14.8. The van der Waals surface area contributed by atoms with Crippen LogP contribution in [0.2, 0.25) is 0 Å². The second kappa shape index (κ2) is 9.24. The largest absolute Gasteiger partial charge is 0.480 e. The molecule has 1 heterocycles. The van der Waals surface area contributed by atoms with Crippen molar-refractivity contribution >= 4 is 23.6 Å². The first-order chi connectivity index (χ1) is 12.1. The van der Waals surface area contributed by atoms with Gasteiger partial charge in [0.1, 0.15) is 6.04 Å². The number of nitrogens with one attached hydrogen (secondary N) is 2. The SMILES string of the molecule is CSCC[C@H](NC(=O)c1cccc(Cc2cnc[nH]2)c1CN)C(=O)O. The van der Waals surface area contributed by atoms with E-state index < -0.39 is 17.9 Å². The lowest BCUT2D eigenvalue weighted by Crippen LogP contribution is -2.41. The van der Waals surface area contributed by atoms with Crippen LogP contribution < -0.4 is 11.1 Å². The molecular weight excluding hydrogens is 340 g/mol. The van der Waals surface area contributed by atoms with Crippen molar-refractivity contribution in [3.05, 3.63) is 53.1 Å². The zero-order valence-electron chi connectivity index (χ0n) is 14.0. The molecule has 0 saturated heterocycles. The van der Waals surface area contributed by atoms with E-state index in [1.165, 1.54) is 11.8 Å². The third-order valence-corrected chi connectivity index (χ3v) is 4.52. The number of hydrogen-bond donors (Lipinski definition) is 4. The summed E-state index contributed by atoms with van der Waals surface area (Å²) in [5.74, 6) is -0.799. The minimum absolute atomic E-state index is 0.190. The van der Waals surface area contributed by atoms with Gasteiger partial charge in [0.2, 0.25) is 0 Å². The van der Waals surface area contributed by atoms with Crippen molar-refractivity contribution in [3.63, 3.8) is 0 Å². The van der Waals surface area contributed by atoms with Gasteiger partial charge in [-0.2, -0.15) is 11.8 Å². The van der Waals surface area contributed by atoms with Crippen molar-refractivity contribution in [3.8, 4) is 0 Å². The van der Waals surface area contributed by atoms with Crippen LogP contribution >= 0.6 is 11.8 Å². The highest BCUT2D eigenvalue weighted by molar-refractivity contribution is 7.98. The molecule has 1 aromatic heterocycles. The number of carbonyl (C=O) groups excluding carboxylic acids is 1. The minimum Gasteiger partial charge on any atom is -0.480 e. The summed E-state index contributed by atoms with van der Waals surface area (Å²) in [5.41, 5.74) is 8.81. The minimum atomic E-state index is -1.04. The quantitative estimate of drug-likeness (QED) is 0.535.